The van der Waals surface area contributed by atoms with Gasteiger partial charge in [0.1, 0.15) is 5.82 Å². The second kappa shape index (κ2) is 5.13. The SMILES string of the molecule is COC(=O)NC=Cc1nc2ccccc2c(=O)[nH]1. The third kappa shape index (κ3) is 2.54. The number of alkyl carbamates (subject to hydrolysis) is 1. The molecule has 0 fully saturated rings. The van der Waals surface area contributed by atoms with Crippen molar-refractivity contribution in [1.29, 1.82) is 0 Å². The van der Waals surface area contributed by atoms with Gasteiger partial charge in [0, 0.05) is 6.20 Å². The summed E-state index contributed by atoms with van der Waals surface area (Å²) in [5.74, 6) is 0.357. The van der Waals surface area contributed by atoms with Crippen LogP contribution in [0.15, 0.2) is 35.3 Å². The van der Waals surface area contributed by atoms with Gasteiger partial charge in [0.05, 0.1) is 18.0 Å². The van der Waals surface area contributed by atoms with E-state index in [9.17, 15) is 9.59 Å². The van der Waals surface area contributed by atoms with Crippen LogP contribution in [0.4, 0.5) is 4.79 Å². The first-order valence-electron chi connectivity index (χ1n) is 5.21. The van der Waals surface area contributed by atoms with Crippen molar-refractivity contribution in [2.45, 2.75) is 0 Å². The van der Waals surface area contributed by atoms with Crippen molar-refractivity contribution in [1.82, 2.24) is 15.3 Å². The summed E-state index contributed by atoms with van der Waals surface area (Å²) < 4.78 is 4.39. The highest BCUT2D eigenvalue weighted by molar-refractivity contribution is 5.78. The topological polar surface area (TPSA) is 84.1 Å². The van der Waals surface area contributed by atoms with Crippen LogP contribution < -0.4 is 10.9 Å². The van der Waals surface area contributed by atoms with Crippen LogP contribution in [0.1, 0.15) is 5.82 Å². The molecular weight excluding hydrogens is 234 g/mol. The van der Waals surface area contributed by atoms with E-state index in [2.05, 4.69) is 20.0 Å². The van der Waals surface area contributed by atoms with Gasteiger partial charge < -0.3 is 9.72 Å². The van der Waals surface area contributed by atoms with Gasteiger partial charge in [0.2, 0.25) is 0 Å². The van der Waals surface area contributed by atoms with Crippen LogP contribution in [0.2, 0.25) is 0 Å². The Bertz CT molecular complexity index is 661. The molecule has 6 heteroatoms. The first kappa shape index (κ1) is 11.8. The monoisotopic (exact) mass is 245 g/mol. The fourth-order valence-corrected chi connectivity index (χ4v) is 1.43. The second-order valence-corrected chi connectivity index (χ2v) is 3.44. The predicted octanol–water partition coefficient (Wildman–Crippen LogP) is 1.25. The average Bonchev–Trinajstić information content (AvgIpc) is 2.38. The summed E-state index contributed by atoms with van der Waals surface area (Å²) in [6.07, 6.45) is 2.23. The van der Waals surface area contributed by atoms with Crippen molar-refractivity contribution in [2.75, 3.05) is 7.11 Å². The first-order chi connectivity index (χ1) is 8.70. The molecule has 0 unspecified atom stereocenters. The number of hydrogen-bond acceptors (Lipinski definition) is 4. The highest BCUT2D eigenvalue weighted by atomic mass is 16.5. The van der Waals surface area contributed by atoms with Crippen LogP contribution in [0.5, 0.6) is 0 Å². The number of rotatable bonds is 2. The quantitative estimate of drug-likeness (QED) is 0.834. The standard InChI is InChI=1S/C12H11N3O3/c1-18-12(17)13-7-6-10-14-9-5-3-2-4-8(9)11(16)15-10/h2-7H,1H3,(H,13,17)(H,14,15,16). The van der Waals surface area contributed by atoms with E-state index in [0.29, 0.717) is 16.7 Å². The van der Waals surface area contributed by atoms with Crippen molar-refractivity contribution in [2.24, 2.45) is 0 Å². The number of amides is 1. The fourth-order valence-electron chi connectivity index (χ4n) is 1.43. The normalized spacial score (nSPS) is 10.7. The van der Waals surface area contributed by atoms with E-state index < -0.39 is 6.09 Å². The minimum atomic E-state index is -0.589. The zero-order valence-electron chi connectivity index (χ0n) is 9.64. The number of nitrogens with one attached hydrogen (secondary N) is 2. The van der Waals surface area contributed by atoms with Crippen LogP contribution in [0.3, 0.4) is 0 Å². The highest BCUT2D eigenvalue weighted by Crippen LogP contribution is 2.05. The van der Waals surface area contributed by atoms with Gasteiger partial charge in [-0.15, -0.1) is 0 Å². The van der Waals surface area contributed by atoms with Gasteiger partial charge in [-0.05, 0) is 18.2 Å². The molecule has 0 saturated heterocycles. The van der Waals surface area contributed by atoms with Gasteiger partial charge >= 0.3 is 6.09 Å². The Balaban J connectivity index is 2.30. The molecule has 0 spiro atoms. The summed E-state index contributed by atoms with van der Waals surface area (Å²) in [5, 5.41) is 2.87. The molecule has 18 heavy (non-hydrogen) atoms. The van der Waals surface area contributed by atoms with Crippen molar-refractivity contribution in [3.63, 3.8) is 0 Å². The molecule has 2 aromatic rings. The number of hydrogen-bond donors (Lipinski definition) is 2. The van der Waals surface area contributed by atoms with E-state index in [1.165, 1.54) is 19.4 Å². The number of fused-ring (bicyclic) bond motifs is 1. The third-order valence-corrected chi connectivity index (χ3v) is 2.26. The molecule has 1 heterocycles. The van der Waals surface area contributed by atoms with Crippen LogP contribution in [-0.2, 0) is 4.74 Å². The number of carbonyl (C=O) groups is 1. The summed E-state index contributed by atoms with van der Waals surface area (Å²) >= 11 is 0. The maximum absolute atomic E-state index is 11.7. The Morgan fingerprint density at radius 2 is 2.22 bits per heavy atom. The smallest absolute Gasteiger partial charge is 0.410 e. The predicted molar refractivity (Wildman–Crippen MR) is 66.9 cm³/mol. The summed E-state index contributed by atoms with van der Waals surface area (Å²) in [4.78, 5) is 29.3. The van der Waals surface area contributed by atoms with Gasteiger partial charge in [-0.3, -0.25) is 10.1 Å². The van der Waals surface area contributed by atoms with Crippen molar-refractivity contribution >= 4 is 23.1 Å². The largest absolute Gasteiger partial charge is 0.453 e. The number of para-hydroxylation sites is 1. The van der Waals surface area contributed by atoms with Gasteiger partial charge in [-0.1, -0.05) is 12.1 Å². The van der Waals surface area contributed by atoms with Crippen molar-refractivity contribution in [3.05, 3.63) is 46.6 Å². The zero-order chi connectivity index (χ0) is 13.0. The molecule has 6 nitrogen and oxygen atoms in total. The van der Waals surface area contributed by atoms with Crippen LogP contribution in [0.25, 0.3) is 17.0 Å². The molecule has 0 saturated carbocycles. The van der Waals surface area contributed by atoms with E-state index in [1.54, 1.807) is 24.3 Å². The molecule has 92 valence electrons. The van der Waals surface area contributed by atoms with Crippen molar-refractivity contribution in [3.8, 4) is 0 Å². The lowest BCUT2D eigenvalue weighted by molar-refractivity contribution is 0.175. The van der Waals surface area contributed by atoms with E-state index in [-0.39, 0.29) is 5.56 Å². The molecule has 0 aliphatic heterocycles. The number of aromatic amines is 1. The Labute approximate surface area is 102 Å². The summed E-state index contributed by atoms with van der Waals surface area (Å²) in [7, 11) is 1.26. The molecule has 2 N–H and O–H groups in total. The third-order valence-electron chi connectivity index (χ3n) is 2.26. The van der Waals surface area contributed by atoms with Gasteiger partial charge in [0.15, 0.2) is 0 Å². The van der Waals surface area contributed by atoms with E-state index in [4.69, 9.17) is 0 Å². The highest BCUT2D eigenvalue weighted by Gasteiger charge is 2.00. The molecule has 2 rings (SSSR count). The summed E-state index contributed by atoms with van der Waals surface area (Å²) in [5.41, 5.74) is 0.372. The Hall–Kier alpha value is -2.63. The Morgan fingerprint density at radius 3 is 3.00 bits per heavy atom. The second-order valence-electron chi connectivity index (χ2n) is 3.44. The van der Waals surface area contributed by atoms with Gasteiger partial charge in [-0.2, -0.15) is 0 Å². The van der Waals surface area contributed by atoms with Gasteiger partial charge in [-0.25, -0.2) is 9.78 Å². The summed E-state index contributed by atoms with van der Waals surface area (Å²) in [6.45, 7) is 0. The number of nitrogens with zero attached hydrogens (tertiary/aromatic N) is 1. The van der Waals surface area contributed by atoms with E-state index >= 15 is 0 Å². The zero-order valence-corrected chi connectivity index (χ0v) is 9.64. The Kier molecular flexibility index (Phi) is 3.38. The first-order valence-corrected chi connectivity index (χ1v) is 5.21. The van der Waals surface area contributed by atoms with Crippen LogP contribution in [-0.4, -0.2) is 23.2 Å². The minimum Gasteiger partial charge on any atom is -0.453 e. The van der Waals surface area contributed by atoms with Gasteiger partial charge in [0.25, 0.3) is 5.56 Å². The maximum atomic E-state index is 11.7. The molecule has 0 radical (unpaired) electrons. The molecular formula is C12H11N3O3. The lowest BCUT2D eigenvalue weighted by Crippen LogP contribution is -2.16. The molecule has 1 aromatic carbocycles. The van der Waals surface area contributed by atoms with Crippen LogP contribution in [0, 0.1) is 0 Å². The number of carbonyl (C=O) groups excluding carboxylic acids is 1. The molecule has 0 atom stereocenters. The Morgan fingerprint density at radius 1 is 1.44 bits per heavy atom. The fraction of sp³-hybridized carbons (Fsp3) is 0.0833. The lowest BCUT2D eigenvalue weighted by atomic mass is 10.2. The molecule has 1 amide bonds. The maximum Gasteiger partial charge on any atom is 0.410 e. The number of H-pyrrole nitrogens is 1. The number of benzene rings is 1. The minimum absolute atomic E-state index is 0.224. The molecule has 0 aliphatic rings. The lowest BCUT2D eigenvalue weighted by Gasteiger charge is -1.99. The van der Waals surface area contributed by atoms with E-state index in [1.807, 2.05) is 0 Å². The molecule has 1 aromatic heterocycles. The molecule has 0 aliphatic carbocycles. The van der Waals surface area contributed by atoms with Crippen molar-refractivity contribution < 1.29 is 9.53 Å². The number of ether oxygens (including phenoxy) is 1. The average molecular weight is 245 g/mol. The molecule has 0 bridgehead atoms. The number of methoxy groups -OCH3 is 1. The van der Waals surface area contributed by atoms with E-state index in [0.717, 1.165) is 0 Å². The summed E-state index contributed by atoms with van der Waals surface area (Å²) in [6, 6.07) is 7.01. The number of aromatic nitrogens is 2. The van der Waals surface area contributed by atoms with Crippen LogP contribution >= 0.6 is 0 Å².